The Hall–Kier alpha value is -2.12. The van der Waals surface area contributed by atoms with Crippen molar-refractivity contribution in [2.75, 3.05) is 4.72 Å². The van der Waals surface area contributed by atoms with Crippen molar-refractivity contribution in [1.82, 2.24) is 4.98 Å². The number of sulfonamides is 1. The molecule has 102 valence electrons. The molecule has 5 nitrogen and oxygen atoms in total. The molecule has 2 aromatic heterocycles. The third-order valence-electron chi connectivity index (χ3n) is 2.77. The Morgan fingerprint density at radius 2 is 1.95 bits per heavy atom. The third-order valence-corrected chi connectivity index (χ3v) is 5.05. The molecule has 0 aliphatic rings. The van der Waals surface area contributed by atoms with Gasteiger partial charge in [0.15, 0.2) is 0 Å². The Morgan fingerprint density at radius 3 is 2.70 bits per heavy atom. The highest BCUT2D eigenvalue weighted by Gasteiger charge is 2.14. The van der Waals surface area contributed by atoms with Crippen molar-refractivity contribution < 1.29 is 8.42 Å². The van der Waals surface area contributed by atoms with E-state index in [2.05, 4.69) is 9.71 Å². The lowest BCUT2D eigenvalue weighted by Crippen LogP contribution is -2.15. The maximum absolute atomic E-state index is 12.2. The van der Waals surface area contributed by atoms with Crippen LogP contribution in [0.25, 0.3) is 10.1 Å². The van der Waals surface area contributed by atoms with Gasteiger partial charge in [-0.05, 0) is 41.1 Å². The van der Waals surface area contributed by atoms with Gasteiger partial charge >= 0.3 is 0 Å². The van der Waals surface area contributed by atoms with Crippen LogP contribution < -0.4 is 10.3 Å². The van der Waals surface area contributed by atoms with Crippen LogP contribution in [0.3, 0.4) is 0 Å². The molecule has 2 N–H and O–H groups in total. The molecule has 1 aromatic carbocycles. The Kier molecular flexibility index (Phi) is 3.07. The predicted molar refractivity (Wildman–Crippen MR) is 79.7 cm³/mol. The summed E-state index contributed by atoms with van der Waals surface area (Å²) in [5.74, 6) is 0. The van der Waals surface area contributed by atoms with E-state index in [4.69, 9.17) is 0 Å². The lowest BCUT2D eigenvalue weighted by Gasteiger charge is -2.07. The fraction of sp³-hybridized carbons (Fsp3) is 0. The van der Waals surface area contributed by atoms with Crippen molar-refractivity contribution in [3.8, 4) is 0 Å². The highest BCUT2D eigenvalue weighted by molar-refractivity contribution is 7.92. The molecule has 20 heavy (non-hydrogen) atoms. The second-order valence-electron chi connectivity index (χ2n) is 4.17. The zero-order valence-corrected chi connectivity index (χ0v) is 11.8. The summed E-state index contributed by atoms with van der Waals surface area (Å²) >= 11 is 1.60. The number of hydrogen-bond acceptors (Lipinski definition) is 4. The molecule has 0 atom stereocenters. The summed E-state index contributed by atoms with van der Waals surface area (Å²) in [5, 5.41) is 2.93. The van der Waals surface area contributed by atoms with E-state index in [0.29, 0.717) is 5.69 Å². The van der Waals surface area contributed by atoms with Gasteiger partial charge in [-0.1, -0.05) is 0 Å². The largest absolute Gasteiger partial charge is 0.328 e. The minimum absolute atomic E-state index is 0.0162. The van der Waals surface area contributed by atoms with E-state index in [1.807, 2.05) is 17.5 Å². The molecule has 3 aromatic rings. The molecule has 0 amide bonds. The van der Waals surface area contributed by atoms with Crippen LogP contribution in [-0.4, -0.2) is 13.4 Å². The zero-order chi connectivity index (χ0) is 14.2. The van der Waals surface area contributed by atoms with E-state index in [0.717, 1.165) is 10.1 Å². The number of rotatable bonds is 3. The fourth-order valence-corrected chi connectivity index (χ4v) is 3.59. The summed E-state index contributed by atoms with van der Waals surface area (Å²) in [5.41, 5.74) is 0.144. The summed E-state index contributed by atoms with van der Waals surface area (Å²) in [6.45, 7) is 0. The Bertz CT molecular complexity index is 905. The SMILES string of the molecule is O=c1ccc(S(=O)(=O)Nc2ccc3sccc3c2)c[nH]1. The van der Waals surface area contributed by atoms with Crippen LogP contribution >= 0.6 is 11.3 Å². The molecule has 0 bridgehead atoms. The van der Waals surface area contributed by atoms with Crippen LogP contribution in [0.4, 0.5) is 5.69 Å². The molecule has 0 unspecified atom stereocenters. The smallest absolute Gasteiger partial charge is 0.263 e. The average Bonchev–Trinajstić information content (AvgIpc) is 2.86. The monoisotopic (exact) mass is 306 g/mol. The van der Waals surface area contributed by atoms with Gasteiger partial charge in [0.2, 0.25) is 5.56 Å². The summed E-state index contributed by atoms with van der Waals surface area (Å²) in [6, 6.07) is 9.72. The standard InChI is InChI=1S/C13H10N2O3S2/c16-13-4-2-11(8-14-13)20(17,18)15-10-1-3-12-9(7-10)5-6-19-12/h1-8,15H,(H,14,16). The minimum Gasteiger partial charge on any atom is -0.328 e. The average molecular weight is 306 g/mol. The van der Waals surface area contributed by atoms with Crippen molar-refractivity contribution in [2.45, 2.75) is 4.90 Å². The molecule has 0 radical (unpaired) electrons. The number of thiophene rings is 1. The number of benzene rings is 1. The quantitative estimate of drug-likeness (QED) is 0.780. The van der Waals surface area contributed by atoms with Crippen molar-refractivity contribution in [3.63, 3.8) is 0 Å². The van der Waals surface area contributed by atoms with Crippen LogP contribution in [0.1, 0.15) is 0 Å². The molecular formula is C13H10N2O3S2. The molecule has 0 saturated heterocycles. The summed E-state index contributed by atoms with van der Waals surface area (Å²) in [4.78, 5) is 13.3. The van der Waals surface area contributed by atoms with Gasteiger partial charge in [-0.15, -0.1) is 11.3 Å². The van der Waals surface area contributed by atoms with Crippen molar-refractivity contribution in [2.24, 2.45) is 0 Å². The van der Waals surface area contributed by atoms with Crippen LogP contribution in [-0.2, 0) is 10.0 Å². The molecule has 3 rings (SSSR count). The van der Waals surface area contributed by atoms with E-state index in [-0.39, 0.29) is 10.5 Å². The highest BCUT2D eigenvalue weighted by Crippen LogP contribution is 2.25. The van der Waals surface area contributed by atoms with Gasteiger partial charge in [-0.25, -0.2) is 8.42 Å². The molecule has 0 aliphatic heterocycles. The first kappa shape index (κ1) is 12.9. The third kappa shape index (κ3) is 2.45. The van der Waals surface area contributed by atoms with E-state index < -0.39 is 10.0 Å². The second-order valence-corrected chi connectivity index (χ2v) is 6.80. The number of H-pyrrole nitrogens is 1. The van der Waals surface area contributed by atoms with E-state index in [1.165, 1.54) is 18.3 Å². The van der Waals surface area contributed by atoms with Crippen LogP contribution in [0.2, 0.25) is 0 Å². The number of pyridine rings is 1. The van der Waals surface area contributed by atoms with Gasteiger partial charge in [-0.2, -0.15) is 0 Å². The number of nitrogens with one attached hydrogen (secondary N) is 2. The van der Waals surface area contributed by atoms with E-state index >= 15 is 0 Å². The molecule has 0 spiro atoms. The Balaban J connectivity index is 1.96. The minimum atomic E-state index is -3.70. The molecule has 0 aliphatic carbocycles. The second kappa shape index (κ2) is 4.77. The molecule has 2 heterocycles. The van der Waals surface area contributed by atoms with E-state index in [1.54, 1.807) is 23.5 Å². The first-order chi connectivity index (χ1) is 9.54. The van der Waals surface area contributed by atoms with Gasteiger partial charge in [-0.3, -0.25) is 9.52 Å². The maximum Gasteiger partial charge on any atom is 0.263 e. The zero-order valence-electron chi connectivity index (χ0n) is 10.2. The molecule has 0 saturated carbocycles. The maximum atomic E-state index is 12.2. The summed E-state index contributed by atoms with van der Waals surface area (Å²) in [6.07, 6.45) is 1.17. The predicted octanol–water partition coefficient (Wildman–Crippen LogP) is 2.39. The van der Waals surface area contributed by atoms with Crippen LogP contribution in [0.5, 0.6) is 0 Å². The Morgan fingerprint density at radius 1 is 1.10 bits per heavy atom. The topological polar surface area (TPSA) is 79.0 Å². The lowest BCUT2D eigenvalue weighted by atomic mass is 10.2. The molecule has 0 fully saturated rings. The van der Waals surface area contributed by atoms with Crippen molar-refractivity contribution in [3.05, 3.63) is 58.3 Å². The first-order valence-corrected chi connectivity index (χ1v) is 8.10. The Labute approximate surface area is 119 Å². The van der Waals surface area contributed by atoms with Crippen LogP contribution in [0.15, 0.2) is 57.7 Å². The number of fused-ring (bicyclic) bond motifs is 1. The molecule has 7 heteroatoms. The van der Waals surface area contributed by atoms with Gasteiger partial charge < -0.3 is 4.98 Å². The van der Waals surface area contributed by atoms with E-state index in [9.17, 15) is 13.2 Å². The number of hydrogen-bond donors (Lipinski definition) is 2. The van der Waals surface area contributed by atoms with Gasteiger partial charge in [0, 0.05) is 22.7 Å². The number of aromatic nitrogens is 1. The lowest BCUT2D eigenvalue weighted by molar-refractivity contribution is 0.600. The fourth-order valence-electron chi connectivity index (χ4n) is 1.81. The summed E-state index contributed by atoms with van der Waals surface area (Å²) < 4.78 is 27.9. The first-order valence-electron chi connectivity index (χ1n) is 5.73. The highest BCUT2D eigenvalue weighted by atomic mass is 32.2. The van der Waals surface area contributed by atoms with Crippen molar-refractivity contribution >= 4 is 37.1 Å². The van der Waals surface area contributed by atoms with Gasteiger partial charge in [0.05, 0.1) is 0 Å². The normalized spacial score (nSPS) is 11.6. The molecular weight excluding hydrogens is 296 g/mol. The number of anilines is 1. The van der Waals surface area contributed by atoms with Gasteiger partial charge in [0.1, 0.15) is 4.90 Å². The summed E-state index contributed by atoms with van der Waals surface area (Å²) in [7, 11) is -3.70. The van der Waals surface area contributed by atoms with Crippen molar-refractivity contribution in [1.29, 1.82) is 0 Å². The van der Waals surface area contributed by atoms with Crippen LogP contribution in [0, 0.1) is 0 Å². The number of aromatic amines is 1. The van der Waals surface area contributed by atoms with Gasteiger partial charge in [0.25, 0.3) is 10.0 Å².